The Morgan fingerprint density at radius 2 is 2.40 bits per heavy atom. The highest BCUT2D eigenvalue weighted by Crippen LogP contribution is 2.36. The number of rotatable bonds is 1. The lowest BCUT2D eigenvalue weighted by Gasteiger charge is -2.30. The molecule has 0 radical (unpaired) electrons. The van der Waals surface area contributed by atoms with Crippen molar-refractivity contribution in [2.75, 3.05) is 13.2 Å². The molecule has 58 valence electrons. The number of hydrogen-bond acceptors (Lipinski definition) is 2. The summed E-state index contributed by atoms with van der Waals surface area (Å²) in [6.07, 6.45) is 1.23. The van der Waals surface area contributed by atoms with E-state index < -0.39 is 0 Å². The molecule has 0 spiro atoms. The van der Waals surface area contributed by atoms with Crippen LogP contribution in [0.2, 0.25) is 0 Å². The van der Waals surface area contributed by atoms with Gasteiger partial charge in [-0.3, -0.25) is 0 Å². The molecule has 0 aromatic carbocycles. The van der Waals surface area contributed by atoms with E-state index in [9.17, 15) is 0 Å². The fraction of sp³-hybridized carbons (Fsp3) is 1.00. The smallest absolute Gasteiger partial charge is 0.0845 e. The van der Waals surface area contributed by atoms with E-state index in [4.69, 9.17) is 4.74 Å². The molecule has 0 aliphatic carbocycles. The summed E-state index contributed by atoms with van der Waals surface area (Å²) in [4.78, 5) is 0. The summed E-state index contributed by atoms with van der Waals surface area (Å²) < 4.78 is 5.74. The quantitative estimate of drug-likeness (QED) is 0.582. The Hall–Kier alpha value is -0.0800. The van der Waals surface area contributed by atoms with Gasteiger partial charge in [0.2, 0.25) is 0 Å². The van der Waals surface area contributed by atoms with Gasteiger partial charge in [-0.05, 0) is 12.3 Å². The molecule has 1 N–H and O–H groups in total. The summed E-state index contributed by atoms with van der Waals surface area (Å²) in [5.41, 5.74) is 0.199. The standard InChI is InChI=1S/C8H15NO/c1-6(2)8-3-7(4-10-8)9-5-8/h6-7,9H,3-5H2,1-2H3. The average molecular weight is 141 g/mol. The fourth-order valence-electron chi connectivity index (χ4n) is 1.98. The molecule has 0 aromatic rings. The molecule has 2 heteroatoms. The molecule has 2 nitrogen and oxygen atoms in total. The van der Waals surface area contributed by atoms with Gasteiger partial charge in [-0.15, -0.1) is 0 Å². The normalized spacial score (nSPS) is 45.3. The molecular formula is C8H15NO. The third-order valence-electron chi connectivity index (χ3n) is 2.91. The summed E-state index contributed by atoms with van der Waals surface area (Å²) >= 11 is 0. The van der Waals surface area contributed by atoms with Crippen LogP contribution < -0.4 is 5.32 Å². The largest absolute Gasteiger partial charge is 0.372 e. The number of hydrogen-bond donors (Lipinski definition) is 1. The van der Waals surface area contributed by atoms with E-state index in [1.165, 1.54) is 6.42 Å². The van der Waals surface area contributed by atoms with E-state index >= 15 is 0 Å². The number of fused-ring (bicyclic) bond motifs is 2. The van der Waals surface area contributed by atoms with Gasteiger partial charge in [0.15, 0.2) is 0 Å². The molecule has 0 saturated carbocycles. The lowest BCUT2D eigenvalue weighted by molar-refractivity contribution is -0.0390. The first-order valence-electron chi connectivity index (χ1n) is 4.10. The van der Waals surface area contributed by atoms with Crippen LogP contribution in [-0.4, -0.2) is 24.8 Å². The van der Waals surface area contributed by atoms with Gasteiger partial charge in [-0.2, -0.15) is 0 Å². The van der Waals surface area contributed by atoms with E-state index in [0.717, 1.165) is 13.2 Å². The molecule has 2 fully saturated rings. The minimum Gasteiger partial charge on any atom is -0.372 e. The van der Waals surface area contributed by atoms with Crippen LogP contribution in [0.25, 0.3) is 0 Å². The Labute approximate surface area is 61.9 Å². The molecule has 10 heavy (non-hydrogen) atoms. The second-order valence-electron chi connectivity index (χ2n) is 3.81. The van der Waals surface area contributed by atoms with Gasteiger partial charge >= 0.3 is 0 Å². The minimum atomic E-state index is 0.199. The van der Waals surface area contributed by atoms with Crippen LogP contribution in [0.5, 0.6) is 0 Å². The molecule has 2 unspecified atom stereocenters. The molecule has 2 rings (SSSR count). The van der Waals surface area contributed by atoms with Crippen molar-refractivity contribution in [1.29, 1.82) is 0 Å². The lowest BCUT2D eigenvalue weighted by Crippen LogP contribution is -2.42. The fourth-order valence-corrected chi connectivity index (χ4v) is 1.98. The highest BCUT2D eigenvalue weighted by molar-refractivity contribution is 5.02. The molecule has 0 amide bonds. The zero-order valence-corrected chi connectivity index (χ0v) is 6.68. The third-order valence-corrected chi connectivity index (χ3v) is 2.91. The van der Waals surface area contributed by atoms with E-state index in [2.05, 4.69) is 19.2 Å². The lowest BCUT2D eigenvalue weighted by atomic mass is 9.90. The van der Waals surface area contributed by atoms with E-state index in [1.54, 1.807) is 0 Å². The van der Waals surface area contributed by atoms with Crippen LogP contribution in [0.3, 0.4) is 0 Å². The van der Waals surface area contributed by atoms with Crippen LogP contribution in [-0.2, 0) is 4.74 Å². The third kappa shape index (κ3) is 0.722. The van der Waals surface area contributed by atoms with E-state index in [-0.39, 0.29) is 5.60 Å². The number of morpholine rings is 1. The van der Waals surface area contributed by atoms with Crippen molar-refractivity contribution in [3.8, 4) is 0 Å². The maximum Gasteiger partial charge on any atom is 0.0845 e. The summed E-state index contributed by atoms with van der Waals surface area (Å²) in [5, 5.41) is 3.45. The van der Waals surface area contributed by atoms with Crippen LogP contribution >= 0.6 is 0 Å². The van der Waals surface area contributed by atoms with Gasteiger partial charge in [0.1, 0.15) is 0 Å². The highest BCUT2D eigenvalue weighted by Gasteiger charge is 2.47. The summed E-state index contributed by atoms with van der Waals surface area (Å²) in [5.74, 6) is 0.660. The van der Waals surface area contributed by atoms with Crippen molar-refractivity contribution in [2.45, 2.75) is 31.9 Å². The van der Waals surface area contributed by atoms with Crippen LogP contribution in [0.15, 0.2) is 0 Å². The number of nitrogens with one attached hydrogen (secondary N) is 1. The van der Waals surface area contributed by atoms with Crippen molar-refractivity contribution < 1.29 is 4.74 Å². The number of ether oxygens (including phenoxy) is 1. The Balaban J connectivity index is 2.15. The molecule has 2 heterocycles. The molecule has 0 aromatic heterocycles. The predicted octanol–water partition coefficient (Wildman–Crippen LogP) is 0.773. The first kappa shape index (κ1) is 6.62. The van der Waals surface area contributed by atoms with E-state index in [1.807, 2.05) is 0 Å². The SMILES string of the molecule is CC(C)C12CNC(CO1)C2. The molecule has 2 bridgehead atoms. The topological polar surface area (TPSA) is 21.3 Å². The molecule has 2 aliphatic rings. The molecule has 2 atom stereocenters. The van der Waals surface area contributed by atoms with Gasteiger partial charge in [-0.1, -0.05) is 13.8 Å². The first-order chi connectivity index (χ1) is 4.73. The van der Waals surface area contributed by atoms with Gasteiger partial charge in [0.25, 0.3) is 0 Å². The molecule has 2 aliphatic heterocycles. The Bertz CT molecular complexity index is 136. The van der Waals surface area contributed by atoms with E-state index in [0.29, 0.717) is 12.0 Å². The Morgan fingerprint density at radius 3 is 2.60 bits per heavy atom. The van der Waals surface area contributed by atoms with Gasteiger partial charge < -0.3 is 10.1 Å². The Morgan fingerprint density at radius 1 is 1.60 bits per heavy atom. The monoisotopic (exact) mass is 141 g/mol. The maximum atomic E-state index is 5.74. The predicted molar refractivity (Wildman–Crippen MR) is 39.9 cm³/mol. The Kier molecular flexibility index (Phi) is 1.29. The van der Waals surface area contributed by atoms with Crippen LogP contribution in [0.1, 0.15) is 20.3 Å². The van der Waals surface area contributed by atoms with Crippen molar-refractivity contribution in [2.24, 2.45) is 5.92 Å². The highest BCUT2D eigenvalue weighted by atomic mass is 16.5. The van der Waals surface area contributed by atoms with Crippen molar-refractivity contribution in [3.63, 3.8) is 0 Å². The maximum absolute atomic E-state index is 5.74. The van der Waals surface area contributed by atoms with Crippen molar-refractivity contribution in [1.82, 2.24) is 5.32 Å². The summed E-state index contributed by atoms with van der Waals surface area (Å²) in [6, 6.07) is 0.655. The zero-order valence-electron chi connectivity index (χ0n) is 6.68. The zero-order chi connectivity index (χ0) is 7.19. The van der Waals surface area contributed by atoms with Gasteiger partial charge in [-0.25, -0.2) is 0 Å². The van der Waals surface area contributed by atoms with Crippen molar-refractivity contribution >= 4 is 0 Å². The second kappa shape index (κ2) is 1.95. The minimum absolute atomic E-state index is 0.199. The van der Waals surface area contributed by atoms with Crippen LogP contribution in [0.4, 0.5) is 0 Å². The average Bonchev–Trinajstić information content (AvgIpc) is 2.45. The van der Waals surface area contributed by atoms with Crippen molar-refractivity contribution in [3.05, 3.63) is 0 Å². The first-order valence-corrected chi connectivity index (χ1v) is 4.10. The summed E-state index contributed by atoms with van der Waals surface area (Å²) in [6.45, 7) is 6.48. The molecule has 2 saturated heterocycles. The summed E-state index contributed by atoms with van der Waals surface area (Å²) in [7, 11) is 0. The molecular weight excluding hydrogens is 126 g/mol. The van der Waals surface area contributed by atoms with Gasteiger partial charge in [0.05, 0.1) is 12.2 Å². The van der Waals surface area contributed by atoms with Crippen LogP contribution in [0, 0.1) is 5.92 Å². The van der Waals surface area contributed by atoms with Gasteiger partial charge in [0, 0.05) is 12.6 Å². The second-order valence-corrected chi connectivity index (χ2v) is 3.81.